The van der Waals surface area contributed by atoms with Crippen LogP contribution >= 0.6 is 18.6 Å². The van der Waals surface area contributed by atoms with Crippen LogP contribution in [-0.4, -0.2) is 43.6 Å². The fourth-order valence-corrected chi connectivity index (χ4v) is 20.1. The van der Waals surface area contributed by atoms with Crippen LogP contribution in [0.2, 0.25) is 0 Å². The second-order valence-electron chi connectivity index (χ2n) is 21.2. The van der Waals surface area contributed by atoms with Gasteiger partial charge >= 0.3 is 0 Å². The molecule has 2 nitrogen and oxygen atoms in total. The number of fused-ring (bicyclic) bond motifs is 1. The molecule has 1 aliphatic heterocycles. The Morgan fingerprint density at radius 2 is 1.34 bits per heavy atom. The highest BCUT2D eigenvalue weighted by molar-refractivity contribution is 8.63. The number of nitrogens with zero attached hydrogens (tertiary/aromatic N) is 1. The van der Waals surface area contributed by atoms with Crippen LogP contribution < -0.4 is 5.32 Å². The van der Waals surface area contributed by atoms with Gasteiger partial charge < -0.3 is 5.32 Å². The van der Waals surface area contributed by atoms with Crippen molar-refractivity contribution in [2.24, 2.45) is 0 Å². The summed E-state index contributed by atoms with van der Waals surface area (Å²) >= 11 is 0. The van der Waals surface area contributed by atoms with Gasteiger partial charge in [0.25, 0.3) is 0 Å². The van der Waals surface area contributed by atoms with Crippen LogP contribution in [0.15, 0.2) is 180 Å². The van der Waals surface area contributed by atoms with Crippen molar-refractivity contribution >= 4 is 34.8 Å². The lowest BCUT2D eigenvalue weighted by molar-refractivity contribution is -0.593. The van der Waals surface area contributed by atoms with E-state index in [1.54, 1.807) is 0 Å². The van der Waals surface area contributed by atoms with Crippen LogP contribution in [0.4, 0.5) is 0 Å². The number of rotatable bonds is 14. The summed E-state index contributed by atoms with van der Waals surface area (Å²) in [6.07, 6.45) is 15.7. The summed E-state index contributed by atoms with van der Waals surface area (Å²) in [7, 11) is 6.13. The Kier molecular flexibility index (Phi) is 13.9. The van der Waals surface area contributed by atoms with Crippen LogP contribution in [0.1, 0.15) is 131 Å². The fourth-order valence-electron chi connectivity index (χ4n) is 12.0. The van der Waals surface area contributed by atoms with Crippen LogP contribution in [0.25, 0.3) is 5.57 Å². The van der Waals surface area contributed by atoms with Gasteiger partial charge in [0.15, 0.2) is 11.3 Å². The van der Waals surface area contributed by atoms with Gasteiger partial charge in [0.05, 0.1) is 5.41 Å². The number of allylic oxidation sites excluding steroid dienone is 9. The zero-order chi connectivity index (χ0) is 46.9. The number of hydrogen-bond acceptors (Lipinski definition) is 1. The highest BCUT2D eigenvalue weighted by atomic mass is 35.7. The van der Waals surface area contributed by atoms with Crippen molar-refractivity contribution < 1.29 is 4.58 Å². The third-order valence-corrected chi connectivity index (χ3v) is 20.0. The molecule has 0 saturated carbocycles. The minimum Gasteiger partial charge on any atom is -0.380 e. The molecule has 4 aromatic carbocycles. The van der Waals surface area contributed by atoms with Crippen LogP contribution in [0, 0.1) is 0 Å². The number of halogens is 1. The summed E-state index contributed by atoms with van der Waals surface area (Å²) in [5, 5.41) is 3.97. The van der Waals surface area contributed by atoms with Gasteiger partial charge in [-0.3, -0.25) is 0 Å². The molecule has 4 aromatic rings. The maximum atomic E-state index is 9.61. The van der Waals surface area contributed by atoms with E-state index >= 15 is 0 Å². The third kappa shape index (κ3) is 9.50. The first-order valence-electron chi connectivity index (χ1n) is 23.2. The molecule has 0 amide bonds. The quantitative estimate of drug-likeness (QED) is 0.0757. The van der Waals surface area contributed by atoms with E-state index in [4.69, 9.17) is 0 Å². The molecule has 1 N–H and O–H groups in total. The van der Waals surface area contributed by atoms with Gasteiger partial charge in [-0.15, -0.1) is 7.96 Å². The highest BCUT2D eigenvalue weighted by Gasteiger charge is 2.68. The molecule has 1 fully saturated rings. The molecule has 1 heterocycles. The Morgan fingerprint density at radius 1 is 0.797 bits per heavy atom. The van der Waals surface area contributed by atoms with Crippen molar-refractivity contribution in [3.8, 4) is 0 Å². The standard InChI is InChI=1S/C60H76ClN2S/c1-16-45(6)55(46(7)17-2)62-57(9,10)40-59(13,49-31-23-19-24-32-49)42-64(15,61,54-39-53(48-29-21-18-22-30-48)51-35-27-28-36-52(51)54)56-60(14,50-33-25-20-26-34-50)41-58(11,12)63(56)47(8)38-44(5)37-43(3)4/h16-39,56,62H,1,40-42H2,2-15H3/q+1/b44-38-,46-17?,55-45+,63-47+. The number of hydrogen-bond donors (Lipinski definition) is 1. The van der Waals surface area contributed by atoms with Gasteiger partial charge in [-0.1, -0.05) is 163 Å². The molecule has 0 bridgehead atoms. The van der Waals surface area contributed by atoms with Gasteiger partial charge in [-0.05, 0) is 145 Å². The molecule has 4 heteroatoms. The molecule has 0 spiro atoms. The van der Waals surface area contributed by atoms with E-state index in [0.717, 1.165) is 29.9 Å². The van der Waals surface area contributed by atoms with Crippen molar-refractivity contribution in [2.45, 2.75) is 130 Å². The van der Waals surface area contributed by atoms with E-state index in [2.05, 4.69) is 252 Å². The first-order valence-corrected chi connectivity index (χ1v) is 26.7. The van der Waals surface area contributed by atoms with Crippen LogP contribution in [0.3, 0.4) is 0 Å². The van der Waals surface area contributed by atoms with Crippen molar-refractivity contribution in [3.63, 3.8) is 0 Å². The normalized spacial score (nSPS) is 21.7. The van der Waals surface area contributed by atoms with Gasteiger partial charge in [0, 0.05) is 46.7 Å². The van der Waals surface area contributed by atoms with E-state index < -0.39 is 13.4 Å². The summed E-state index contributed by atoms with van der Waals surface area (Å²) in [5.41, 5.74) is 13.5. The van der Waals surface area contributed by atoms with Crippen molar-refractivity contribution in [3.05, 3.63) is 208 Å². The van der Waals surface area contributed by atoms with Crippen molar-refractivity contribution in [1.82, 2.24) is 5.32 Å². The monoisotopic (exact) mass is 892 g/mol. The SMILES string of the molecule is C=C/C(C)=C(/NC(C)(C)CC(C)(CS(C)(Cl)(=C1C=C(c2ccccc2)c2ccccc21)C1/[N+](=C(C)\C=C(\C)C=C(C)C)C(C)(C)CC1(C)c1ccccc1)c1ccccc1)C(C)=CC. The second-order valence-corrected chi connectivity index (χ2v) is 28.1. The Labute approximate surface area is 392 Å². The molecule has 2 aliphatic rings. The largest absolute Gasteiger partial charge is 0.380 e. The fraction of sp³-hybridized carbons (Fsp3) is 0.367. The lowest BCUT2D eigenvalue weighted by atomic mass is 9.74. The van der Waals surface area contributed by atoms with Gasteiger partial charge in [0.1, 0.15) is 0 Å². The molecule has 338 valence electrons. The van der Waals surface area contributed by atoms with E-state index in [-0.39, 0.29) is 21.9 Å². The number of nitrogens with one attached hydrogen (secondary N) is 1. The van der Waals surface area contributed by atoms with Gasteiger partial charge in [-0.2, -0.15) is 0 Å². The van der Waals surface area contributed by atoms with Crippen molar-refractivity contribution in [2.75, 3.05) is 12.0 Å². The average molecular weight is 893 g/mol. The highest BCUT2D eigenvalue weighted by Crippen LogP contribution is 2.76. The lowest BCUT2D eigenvalue weighted by Crippen LogP contribution is -2.52. The Balaban J connectivity index is 1.82. The predicted molar refractivity (Wildman–Crippen MR) is 287 cm³/mol. The van der Waals surface area contributed by atoms with Crippen molar-refractivity contribution in [1.29, 1.82) is 0 Å². The second kappa shape index (κ2) is 18.3. The minimum atomic E-state index is -3.48. The zero-order valence-corrected chi connectivity index (χ0v) is 43.1. The zero-order valence-electron chi connectivity index (χ0n) is 41.5. The van der Waals surface area contributed by atoms with Crippen LogP contribution in [-0.2, 0) is 10.8 Å². The Hall–Kier alpha value is -4.70. The van der Waals surface area contributed by atoms with E-state index in [1.165, 1.54) is 60.7 Å². The molecule has 1 saturated heterocycles. The molecular formula is C60H76ClN2S+. The molecule has 0 aromatic heterocycles. The molecule has 3 atom stereocenters. The maximum absolute atomic E-state index is 9.61. The predicted octanol–water partition coefficient (Wildman–Crippen LogP) is 15.8. The molecule has 3 unspecified atom stereocenters. The Bertz CT molecular complexity index is 2660. The van der Waals surface area contributed by atoms with E-state index in [9.17, 15) is 10.7 Å². The first kappa shape index (κ1) is 48.7. The first-order chi connectivity index (χ1) is 30.0. The summed E-state index contributed by atoms with van der Waals surface area (Å²) in [6, 6.07) is 42.5. The smallest absolute Gasteiger partial charge is 0.202 e. The molecule has 64 heavy (non-hydrogen) atoms. The van der Waals surface area contributed by atoms with Crippen LogP contribution in [0.5, 0.6) is 0 Å². The topological polar surface area (TPSA) is 15.0 Å². The summed E-state index contributed by atoms with van der Waals surface area (Å²) in [5.74, 6) is 0.745. The van der Waals surface area contributed by atoms with E-state index in [0.29, 0.717) is 0 Å². The van der Waals surface area contributed by atoms with Gasteiger partial charge in [-0.25, -0.2) is 4.58 Å². The van der Waals surface area contributed by atoms with E-state index in [1.807, 2.05) is 6.08 Å². The molecule has 6 rings (SSSR count). The lowest BCUT2D eigenvalue weighted by Gasteiger charge is -2.54. The molecule has 0 radical (unpaired) electrons. The molecule has 1 aliphatic carbocycles. The summed E-state index contributed by atoms with van der Waals surface area (Å²) in [6.45, 7) is 34.2. The van der Waals surface area contributed by atoms with Gasteiger partial charge in [0.2, 0.25) is 5.37 Å². The number of benzene rings is 4. The minimum absolute atomic E-state index is 0.114. The molecular weight excluding hydrogens is 816 g/mol. The summed E-state index contributed by atoms with van der Waals surface area (Å²) in [4.78, 5) is 1.28. The third-order valence-electron chi connectivity index (χ3n) is 14.0. The average Bonchev–Trinajstić information content (AvgIpc) is 3.76. The Morgan fingerprint density at radius 3 is 1.91 bits per heavy atom. The maximum Gasteiger partial charge on any atom is 0.202 e. The summed E-state index contributed by atoms with van der Waals surface area (Å²) < 4.78 is 2.79.